The minimum atomic E-state index is -0.207. The Balaban J connectivity index is 1.32. The summed E-state index contributed by atoms with van der Waals surface area (Å²) >= 11 is 0. The third-order valence-electron chi connectivity index (χ3n) is 9.99. The zero-order valence-electron chi connectivity index (χ0n) is 18.1. The lowest BCUT2D eigenvalue weighted by atomic mass is 9.45. The van der Waals surface area contributed by atoms with Crippen molar-refractivity contribution in [2.45, 2.75) is 71.3 Å². The van der Waals surface area contributed by atoms with Gasteiger partial charge >= 0.3 is 0 Å². The summed E-state index contributed by atoms with van der Waals surface area (Å²) in [4.78, 5) is 0. The average molecular weight is 409 g/mol. The Kier molecular flexibility index (Phi) is 4.07. The fourth-order valence-electron chi connectivity index (χ4n) is 8.25. The molecule has 1 heterocycles. The van der Waals surface area contributed by atoms with Crippen LogP contribution in [0.3, 0.4) is 0 Å². The first-order valence-electron chi connectivity index (χ1n) is 11.9. The Hall–Kier alpha value is -1.68. The van der Waals surface area contributed by atoms with Crippen LogP contribution in [0.4, 0.5) is 4.39 Å². The van der Waals surface area contributed by atoms with Crippen molar-refractivity contribution < 1.29 is 9.50 Å². The average Bonchev–Trinajstić information content (AvgIpc) is 3.26. The van der Waals surface area contributed by atoms with Crippen molar-refractivity contribution in [3.05, 3.63) is 47.5 Å². The fourth-order valence-corrected chi connectivity index (χ4v) is 8.25. The largest absolute Gasteiger partial charge is 0.393 e. The van der Waals surface area contributed by atoms with E-state index >= 15 is 0 Å². The quantitative estimate of drug-likeness (QED) is 0.693. The fraction of sp³-hybridized carbons (Fsp3) is 0.654. The van der Waals surface area contributed by atoms with Crippen molar-refractivity contribution in [1.29, 1.82) is 0 Å². The molecule has 3 fully saturated rings. The molecule has 3 saturated carbocycles. The van der Waals surface area contributed by atoms with Crippen LogP contribution in [0.5, 0.6) is 0 Å². The minimum absolute atomic E-state index is 0.0964. The molecule has 0 bridgehead atoms. The molecule has 0 saturated heterocycles. The van der Waals surface area contributed by atoms with E-state index in [4.69, 9.17) is 5.10 Å². The Labute approximate surface area is 178 Å². The van der Waals surface area contributed by atoms with Gasteiger partial charge in [-0.15, -0.1) is 0 Å². The second-order valence-electron chi connectivity index (χ2n) is 11.2. The monoisotopic (exact) mass is 408 g/mol. The van der Waals surface area contributed by atoms with Crippen LogP contribution in [0.2, 0.25) is 0 Å². The maximum atomic E-state index is 13.3. The van der Waals surface area contributed by atoms with Crippen LogP contribution in [0, 0.1) is 40.3 Å². The molecule has 4 heteroatoms. The molecule has 0 radical (unpaired) electrons. The summed E-state index contributed by atoms with van der Waals surface area (Å²) in [5, 5.41) is 15.6. The number of rotatable bonds is 1. The zero-order valence-corrected chi connectivity index (χ0v) is 18.1. The standard InChI is InChI=1S/C26H33FN2O/c1-25-12-11-22-20(21(25)9-10-24(25)30)8-3-17-13-23-16(14-26(17,22)2)15-29(28-23)19-6-4-18(27)5-7-19/h4-7,15,17,20-22,24,30H,3,8-14H2,1-2H3/t17-,20-,21-,22-,24-,25-,26-/m0/s1. The number of aromatic nitrogens is 2. The summed E-state index contributed by atoms with van der Waals surface area (Å²) in [6.07, 6.45) is 11.6. The molecule has 0 unspecified atom stereocenters. The topological polar surface area (TPSA) is 38.0 Å². The Morgan fingerprint density at radius 3 is 2.57 bits per heavy atom. The third kappa shape index (κ3) is 2.55. The van der Waals surface area contributed by atoms with E-state index in [9.17, 15) is 9.50 Å². The first-order chi connectivity index (χ1) is 14.4. The minimum Gasteiger partial charge on any atom is -0.393 e. The van der Waals surface area contributed by atoms with Gasteiger partial charge in [-0.25, -0.2) is 9.07 Å². The lowest BCUT2D eigenvalue weighted by Gasteiger charge is -2.59. The predicted molar refractivity (Wildman–Crippen MR) is 115 cm³/mol. The van der Waals surface area contributed by atoms with Crippen LogP contribution in [-0.4, -0.2) is 21.0 Å². The van der Waals surface area contributed by atoms with Crippen molar-refractivity contribution in [1.82, 2.24) is 9.78 Å². The molecule has 4 aliphatic rings. The zero-order chi connectivity index (χ0) is 20.7. The van der Waals surface area contributed by atoms with Gasteiger partial charge < -0.3 is 5.11 Å². The van der Waals surface area contributed by atoms with Gasteiger partial charge in [-0.1, -0.05) is 13.8 Å². The van der Waals surface area contributed by atoms with E-state index in [2.05, 4.69) is 20.0 Å². The van der Waals surface area contributed by atoms with Crippen LogP contribution in [-0.2, 0) is 12.8 Å². The van der Waals surface area contributed by atoms with E-state index in [0.29, 0.717) is 17.3 Å². The van der Waals surface area contributed by atoms with Gasteiger partial charge in [0.25, 0.3) is 0 Å². The van der Waals surface area contributed by atoms with Gasteiger partial charge in [0, 0.05) is 6.20 Å². The first-order valence-corrected chi connectivity index (χ1v) is 11.9. The van der Waals surface area contributed by atoms with E-state index in [1.54, 1.807) is 0 Å². The first kappa shape index (κ1) is 19.0. The SMILES string of the molecule is C[C@]12Cc3cn(-c4ccc(F)cc4)nc3C[C@@H]1CC[C@@H]1[C@@H]2CC[C@]2(C)[C@@H](O)CC[C@@H]12. The number of hydrogen-bond donors (Lipinski definition) is 1. The van der Waals surface area contributed by atoms with E-state index in [1.165, 1.54) is 55.5 Å². The van der Waals surface area contributed by atoms with Gasteiger partial charge in [-0.3, -0.25) is 0 Å². The van der Waals surface area contributed by atoms with Crippen molar-refractivity contribution in [2.75, 3.05) is 0 Å². The van der Waals surface area contributed by atoms with E-state index in [0.717, 1.165) is 36.8 Å². The molecule has 7 atom stereocenters. The van der Waals surface area contributed by atoms with Crippen molar-refractivity contribution in [3.63, 3.8) is 0 Å². The molecule has 4 aliphatic carbocycles. The summed E-state index contributed by atoms with van der Waals surface area (Å²) in [5.74, 6) is 2.74. The number of fused-ring (bicyclic) bond motifs is 6. The number of halogens is 1. The summed E-state index contributed by atoms with van der Waals surface area (Å²) in [6.45, 7) is 4.92. The van der Waals surface area contributed by atoms with E-state index < -0.39 is 0 Å². The van der Waals surface area contributed by atoms with Crippen LogP contribution >= 0.6 is 0 Å². The summed E-state index contributed by atoms with van der Waals surface area (Å²) in [5.41, 5.74) is 4.06. The van der Waals surface area contributed by atoms with Crippen LogP contribution < -0.4 is 0 Å². The van der Waals surface area contributed by atoms with Crippen molar-refractivity contribution in [3.8, 4) is 5.69 Å². The Morgan fingerprint density at radius 1 is 1.00 bits per heavy atom. The molecule has 1 aromatic heterocycles. The van der Waals surface area contributed by atoms with Crippen LogP contribution in [0.1, 0.15) is 63.6 Å². The lowest BCUT2D eigenvalue weighted by Crippen LogP contribution is -2.54. The highest BCUT2D eigenvalue weighted by Gasteiger charge is 2.60. The molecule has 1 aromatic carbocycles. The molecular weight excluding hydrogens is 375 g/mol. The maximum absolute atomic E-state index is 13.3. The van der Waals surface area contributed by atoms with Gasteiger partial charge in [0.1, 0.15) is 5.82 Å². The molecule has 6 rings (SSSR count). The second kappa shape index (κ2) is 6.41. The summed E-state index contributed by atoms with van der Waals surface area (Å²) < 4.78 is 15.3. The van der Waals surface area contributed by atoms with E-state index in [1.807, 2.05) is 16.8 Å². The molecule has 2 aromatic rings. The Bertz CT molecular complexity index is 968. The number of hydrogen-bond acceptors (Lipinski definition) is 2. The van der Waals surface area contributed by atoms with Crippen molar-refractivity contribution in [2.24, 2.45) is 34.5 Å². The molecule has 30 heavy (non-hydrogen) atoms. The molecule has 160 valence electrons. The van der Waals surface area contributed by atoms with Gasteiger partial charge in [0.05, 0.1) is 17.5 Å². The number of aliphatic hydroxyl groups excluding tert-OH is 1. The maximum Gasteiger partial charge on any atom is 0.123 e. The van der Waals surface area contributed by atoms with Gasteiger partial charge in [-0.05, 0) is 116 Å². The van der Waals surface area contributed by atoms with Gasteiger partial charge in [-0.2, -0.15) is 5.10 Å². The van der Waals surface area contributed by atoms with Crippen LogP contribution in [0.25, 0.3) is 5.69 Å². The molecule has 3 nitrogen and oxygen atoms in total. The van der Waals surface area contributed by atoms with E-state index in [-0.39, 0.29) is 17.3 Å². The molecule has 0 amide bonds. The number of benzene rings is 1. The van der Waals surface area contributed by atoms with Gasteiger partial charge in [0.15, 0.2) is 0 Å². The smallest absolute Gasteiger partial charge is 0.123 e. The number of aliphatic hydroxyl groups is 1. The third-order valence-corrected chi connectivity index (χ3v) is 9.99. The van der Waals surface area contributed by atoms with Gasteiger partial charge in [0.2, 0.25) is 0 Å². The second-order valence-corrected chi connectivity index (χ2v) is 11.2. The number of nitrogens with zero attached hydrogens (tertiary/aromatic N) is 2. The molecule has 1 N–H and O–H groups in total. The lowest BCUT2D eigenvalue weighted by molar-refractivity contribution is -0.111. The Morgan fingerprint density at radius 2 is 1.77 bits per heavy atom. The highest BCUT2D eigenvalue weighted by molar-refractivity contribution is 5.35. The van der Waals surface area contributed by atoms with Crippen molar-refractivity contribution >= 4 is 0 Å². The highest BCUT2D eigenvalue weighted by Crippen LogP contribution is 2.65. The molecular formula is C26H33FN2O. The highest BCUT2D eigenvalue weighted by atomic mass is 19.1. The van der Waals surface area contributed by atoms with Crippen LogP contribution in [0.15, 0.2) is 30.5 Å². The predicted octanol–water partition coefficient (Wildman–Crippen LogP) is 5.33. The molecule has 0 spiro atoms. The molecule has 0 aliphatic heterocycles. The normalized spacial score (nSPS) is 42.2. The summed E-state index contributed by atoms with van der Waals surface area (Å²) in [7, 11) is 0. The summed E-state index contributed by atoms with van der Waals surface area (Å²) in [6, 6.07) is 6.64.